The van der Waals surface area contributed by atoms with Crippen molar-refractivity contribution in [3.8, 4) is 5.75 Å². The zero-order chi connectivity index (χ0) is 15.2. The highest BCUT2D eigenvalue weighted by molar-refractivity contribution is 5.44. The lowest BCUT2D eigenvalue weighted by Crippen LogP contribution is -2.52. The molecule has 0 aromatic heterocycles. The summed E-state index contributed by atoms with van der Waals surface area (Å²) in [6.07, 6.45) is 11.1. The van der Waals surface area contributed by atoms with E-state index in [1.807, 2.05) is 12.1 Å². The molecule has 1 aromatic rings. The number of hydrogen-bond donors (Lipinski definition) is 2. The van der Waals surface area contributed by atoms with Crippen molar-refractivity contribution in [3.63, 3.8) is 0 Å². The van der Waals surface area contributed by atoms with Gasteiger partial charge in [-0.25, -0.2) is 0 Å². The van der Waals surface area contributed by atoms with Gasteiger partial charge in [0.05, 0.1) is 5.60 Å². The van der Waals surface area contributed by atoms with Gasteiger partial charge in [0, 0.05) is 10.8 Å². The van der Waals surface area contributed by atoms with Crippen LogP contribution in [0.5, 0.6) is 5.75 Å². The van der Waals surface area contributed by atoms with Crippen molar-refractivity contribution < 1.29 is 10.2 Å². The van der Waals surface area contributed by atoms with Gasteiger partial charge < -0.3 is 10.2 Å². The van der Waals surface area contributed by atoms with Crippen LogP contribution in [-0.4, -0.2) is 15.8 Å². The third-order valence-electron chi connectivity index (χ3n) is 7.91. The van der Waals surface area contributed by atoms with Gasteiger partial charge in [0.25, 0.3) is 0 Å². The zero-order valence-corrected chi connectivity index (χ0v) is 13.2. The third-order valence-corrected chi connectivity index (χ3v) is 7.91. The Kier molecular flexibility index (Phi) is 2.27. The van der Waals surface area contributed by atoms with Gasteiger partial charge in [-0.3, -0.25) is 0 Å². The van der Waals surface area contributed by atoms with E-state index in [-0.39, 0.29) is 10.8 Å². The van der Waals surface area contributed by atoms with E-state index >= 15 is 0 Å². The summed E-state index contributed by atoms with van der Waals surface area (Å²) in [5, 5.41) is 20.9. The van der Waals surface area contributed by atoms with Gasteiger partial charge in [0.15, 0.2) is 0 Å². The molecule has 0 spiro atoms. The molecular weight excluding hydrogens is 272 g/mol. The molecular formula is C20H24O2. The van der Waals surface area contributed by atoms with Crippen LogP contribution >= 0.6 is 0 Å². The zero-order valence-electron chi connectivity index (χ0n) is 13.2. The molecule has 2 bridgehead atoms. The van der Waals surface area contributed by atoms with E-state index in [1.54, 1.807) is 0 Å². The van der Waals surface area contributed by atoms with E-state index in [9.17, 15) is 10.2 Å². The Hall–Kier alpha value is -1.28. The molecule has 4 aliphatic carbocycles. The van der Waals surface area contributed by atoms with Crippen molar-refractivity contribution in [2.75, 3.05) is 0 Å². The Morgan fingerprint density at radius 1 is 1.09 bits per heavy atom. The monoisotopic (exact) mass is 296 g/mol. The molecule has 2 saturated carbocycles. The van der Waals surface area contributed by atoms with Crippen LogP contribution in [0, 0.1) is 16.7 Å². The predicted molar refractivity (Wildman–Crippen MR) is 85.8 cm³/mol. The van der Waals surface area contributed by atoms with Gasteiger partial charge in [-0.2, -0.15) is 0 Å². The van der Waals surface area contributed by atoms with Crippen LogP contribution in [0.15, 0.2) is 30.4 Å². The summed E-state index contributed by atoms with van der Waals surface area (Å²) >= 11 is 0. The molecule has 2 fully saturated rings. The number of hydrogen-bond acceptors (Lipinski definition) is 2. The van der Waals surface area contributed by atoms with E-state index in [0.717, 1.165) is 25.7 Å². The van der Waals surface area contributed by atoms with Crippen LogP contribution in [0.1, 0.15) is 56.1 Å². The van der Waals surface area contributed by atoms with E-state index < -0.39 is 5.60 Å². The number of fused-ring (bicyclic) bond motifs is 3. The van der Waals surface area contributed by atoms with Crippen molar-refractivity contribution >= 4 is 0 Å². The first kappa shape index (κ1) is 13.2. The number of aliphatic hydroxyl groups is 1. The van der Waals surface area contributed by atoms with Crippen LogP contribution in [0.4, 0.5) is 0 Å². The maximum atomic E-state index is 11.1. The topological polar surface area (TPSA) is 40.5 Å². The average molecular weight is 296 g/mol. The van der Waals surface area contributed by atoms with Gasteiger partial charge in [0.2, 0.25) is 0 Å². The highest BCUT2D eigenvalue weighted by Gasteiger charge is 2.70. The van der Waals surface area contributed by atoms with Gasteiger partial charge in [-0.1, -0.05) is 25.1 Å². The van der Waals surface area contributed by atoms with Gasteiger partial charge >= 0.3 is 0 Å². The molecule has 0 aliphatic heterocycles. The molecule has 0 unspecified atom stereocenters. The number of aromatic hydroxyl groups is 1. The van der Waals surface area contributed by atoms with Crippen LogP contribution in [0.2, 0.25) is 0 Å². The first-order valence-corrected chi connectivity index (χ1v) is 8.74. The largest absolute Gasteiger partial charge is 0.508 e. The number of aryl methyl sites for hydroxylation is 1. The highest BCUT2D eigenvalue weighted by atomic mass is 16.3. The molecule has 5 rings (SSSR count). The normalized spacial score (nSPS) is 47.9. The summed E-state index contributed by atoms with van der Waals surface area (Å²) < 4.78 is 0. The summed E-state index contributed by atoms with van der Waals surface area (Å²) in [6, 6.07) is 5.97. The summed E-state index contributed by atoms with van der Waals surface area (Å²) in [5.41, 5.74) is 2.47. The van der Waals surface area contributed by atoms with Gasteiger partial charge in [-0.15, -0.1) is 0 Å². The second kappa shape index (κ2) is 3.79. The maximum absolute atomic E-state index is 11.1. The fourth-order valence-electron chi connectivity index (χ4n) is 6.66. The van der Waals surface area contributed by atoms with Crippen LogP contribution in [-0.2, 0) is 6.42 Å². The molecule has 2 nitrogen and oxygen atoms in total. The molecule has 22 heavy (non-hydrogen) atoms. The van der Waals surface area contributed by atoms with Crippen LogP contribution in [0.3, 0.4) is 0 Å². The minimum Gasteiger partial charge on any atom is -0.508 e. The lowest BCUT2D eigenvalue weighted by Gasteiger charge is -2.56. The van der Waals surface area contributed by atoms with E-state index in [1.165, 1.54) is 24.0 Å². The summed E-state index contributed by atoms with van der Waals surface area (Å²) in [6.45, 7) is 2.34. The van der Waals surface area contributed by atoms with Crippen molar-refractivity contribution in [1.29, 1.82) is 0 Å². The van der Waals surface area contributed by atoms with Crippen LogP contribution in [0.25, 0.3) is 0 Å². The van der Waals surface area contributed by atoms with E-state index in [2.05, 4.69) is 25.1 Å². The van der Waals surface area contributed by atoms with Gasteiger partial charge in [0.1, 0.15) is 5.75 Å². The first-order chi connectivity index (χ1) is 10.5. The summed E-state index contributed by atoms with van der Waals surface area (Å²) in [4.78, 5) is 0. The minimum atomic E-state index is -0.562. The summed E-state index contributed by atoms with van der Waals surface area (Å²) in [7, 11) is 0. The number of phenols is 1. The quantitative estimate of drug-likeness (QED) is 0.712. The van der Waals surface area contributed by atoms with Crippen molar-refractivity contribution in [2.45, 2.75) is 57.0 Å². The number of allylic oxidation sites excluding steroid dienone is 1. The number of benzene rings is 1. The molecule has 0 heterocycles. The molecule has 1 aromatic carbocycles. The van der Waals surface area contributed by atoms with Crippen molar-refractivity contribution in [1.82, 2.24) is 0 Å². The molecule has 2 heteroatoms. The van der Waals surface area contributed by atoms with Gasteiger partial charge in [-0.05, 0) is 73.6 Å². The maximum Gasteiger partial charge on any atom is 0.115 e. The van der Waals surface area contributed by atoms with E-state index in [4.69, 9.17) is 0 Å². The van der Waals surface area contributed by atoms with Crippen LogP contribution < -0.4 is 0 Å². The molecule has 2 N–H and O–H groups in total. The number of phenolic OH excluding ortho intramolecular Hbond substituents is 1. The fraction of sp³-hybridized carbons (Fsp3) is 0.600. The Balaban J connectivity index is 1.64. The molecule has 0 radical (unpaired) electrons. The van der Waals surface area contributed by atoms with Crippen molar-refractivity contribution in [3.05, 3.63) is 41.5 Å². The lowest BCUT2D eigenvalue weighted by atomic mass is 9.48. The minimum absolute atomic E-state index is 0.0373. The molecule has 4 aliphatic rings. The number of rotatable bonds is 0. The Morgan fingerprint density at radius 3 is 2.73 bits per heavy atom. The molecule has 0 amide bonds. The average Bonchev–Trinajstić information content (AvgIpc) is 2.88. The standard InChI is InChI=1S/C20H24O2/c1-18-7-6-16-15-4-3-14(21)12-13(15)2-5-17(16)19(18)8-10-20(18,22)11-9-19/h3-4,8,10,12,16-17,21-22H,2,5-7,9,11H2,1H3/t16-,17-,18+,19+,20-/m1/s1. The fourth-order valence-corrected chi connectivity index (χ4v) is 6.66. The summed E-state index contributed by atoms with van der Waals surface area (Å²) in [5.74, 6) is 1.64. The highest BCUT2D eigenvalue weighted by Crippen LogP contribution is 2.74. The second-order valence-corrected chi connectivity index (χ2v) is 8.30. The van der Waals surface area contributed by atoms with E-state index in [0.29, 0.717) is 17.6 Å². The molecule has 0 saturated heterocycles. The first-order valence-electron chi connectivity index (χ1n) is 8.74. The predicted octanol–water partition coefficient (Wildman–Crippen LogP) is 3.92. The second-order valence-electron chi connectivity index (χ2n) is 8.30. The molecule has 5 atom stereocenters. The van der Waals surface area contributed by atoms with Crippen molar-refractivity contribution in [2.24, 2.45) is 16.7 Å². The molecule has 116 valence electrons. The Bertz CT molecular complexity index is 693. The lowest BCUT2D eigenvalue weighted by molar-refractivity contribution is -0.0870. The Morgan fingerprint density at radius 2 is 1.95 bits per heavy atom. The SMILES string of the molecule is C[C@]12CC[C@@H]3c4ccc(O)cc4CC[C@H]3[C@@]13C=C[C@@]2(O)CC3. The smallest absolute Gasteiger partial charge is 0.115 e. The third kappa shape index (κ3) is 1.24. The Labute approximate surface area is 131 Å².